The van der Waals surface area contributed by atoms with E-state index in [-0.39, 0.29) is 5.91 Å². The molecule has 0 bridgehead atoms. The molecule has 0 fully saturated rings. The molecule has 1 heterocycles. The van der Waals surface area contributed by atoms with Gasteiger partial charge in [0.2, 0.25) is 0 Å². The van der Waals surface area contributed by atoms with Gasteiger partial charge in [-0.25, -0.2) is 13.8 Å². The number of amides is 1. The van der Waals surface area contributed by atoms with Crippen LogP contribution in [0.1, 0.15) is 32.4 Å². The van der Waals surface area contributed by atoms with Crippen molar-refractivity contribution in [1.82, 2.24) is 5.01 Å². The first-order valence-electron chi connectivity index (χ1n) is 9.22. The van der Waals surface area contributed by atoms with Crippen LogP contribution in [-0.4, -0.2) is 23.1 Å². The molecule has 0 saturated carbocycles. The van der Waals surface area contributed by atoms with Crippen molar-refractivity contribution in [3.05, 3.63) is 101 Å². The Hall–Kier alpha value is -3.19. The number of ether oxygens (including phenoxy) is 1. The fraction of sp³-hybridized carbons (Fsp3) is 0.130. The summed E-state index contributed by atoms with van der Waals surface area (Å²) in [6, 6.07) is 18.2. The molecule has 4 rings (SSSR count). The molecular weight excluding hydrogens is 406 g/mol. The van der Waals surface area contributed by atoms with E-state index in [1.165, 1.54) is 22.8 Å². The van der Waals surface area contributed by atoms with Gasteiger partial charge in [-0.2, -0.15) is 5.10 Å². The molecule has 1 unspecified atom stereocenters. The molecule has 0 N–H and O–H groups in total. The van der Waals surface area contributed by atoms with Crippen molar-refractivity contribution in [3.63, 3.8) is 0 Å². The molecule has 0 saturated heterocycles. The van der Waals surface area contributed by atoms with E-state index in [0.29, 0.717) is 21.9 Å². The number of para-hydroxylation sites is 1. The zero-order chi connectivity index (χ0) is 21.3. The van der Waals surface area contributed by atoms with Crippen LogP contribution in [0.15, 0.2) is 71.8 Å². The van der Waals surface area contributed by atoms with Gasteiger partial charge in [-0.15, -0.1) is 0 Å². The largest absolute Gasteiger partial charge is 0.496 e. The first-order chi connectivity index (χ1) is 14.5. The highest BCUT2D eigenvalue weighted by Gasteiger charge is 2.36. The van der Waals surface area contributed by atoms with Crippen LogP contribution in [0.3, 0.4) is 0 Å². The van der Waals surface area contributed by atoms with Gasteiger partial charge in [-0.1, -0.05) is 47.7 Å². The van der Waals surface area contributed by atoms with Crippen molar-refractivity contribution in [2.45, 2.75) is 12.3 Å². The summed E-state index contributed by atoms with van der Waals surface area (Å²) < 4.78 is 32.7. The third-order valence-corrected chi connectivity index (χ3v) is 5.91. The molecule has 1 amide bonds. The number of aryl methyl sites for hydroxylation is 1. The average Bonchev–Trinajstić information content (AvgIpc) is 3.20. The molecule has 4 nitrogen and oxygen atoms in total. The number of carbonyl (C=O) groups excluding carboxylic acids is 1. The van der Waals surface area contributed by atoms with Crippen molar-refractivity contribution in [1.29, 1.82) is 0 Å². The van der Waals surface area contributed by atoms with E-state index in [1.54, 1.807) is 25.3 Å². The monoisotopic (exact) mass is 424 g/mol. The Morgan fingerprint density at radius 3 is 2.57 bits per heavy atom. The molecule has 3 aromatic carbocycles. The molecule has 0 spiro atoms. The van der Waals surface area contributed by atoms with Crippen LogP contribution in [0.2, 0.25) is 0 Å². The molecule has 0 aliphatic carbocycles. The maximum Gasteiger partial charge on any atom is 0.275 e. The highest BCUT2D eigenvalue weighted by molar-refractivity contribution is 8.14. The molecular formula is C23H18F2N2O2S. The summed E-state index contributed by atoms with van der Waals surface area (Å²) >= 11 is 1.28. The normalized spacial score (nSPS) is 15.8. The molecule has 0 radical (unpaired) electrons. The average molecular weight is 424 g/mol. The number of carbonyl (C=O) groups is 1. The topological polar surface area (TPSA) is 41.9 Å². The summed E-state index contributed by atoms with van der Waals surface area (Å²) in [4.78, 5) is 13.3. The van der Waals surface area contributed by atoms with E-state index < -0.39 is 17.0 Å². The Morgan fingerprint density at radius 2 is 1.83 bits per heavy atom. The summed E-state index contributed by atoms with van der Waals surface area (Å²) in [5.74, 6) is -1.58. The van der Waals surface area contributed by atoms with Crippen LogP contribution < -0.4 is 4.74 Å². The van der Waals surface area contributed by atoms with Crippen molar-refractivity contribution in [2.75, 3.05) is 7.11 Å². The molecule has 1 aliphatic rings. The molecule has 30 heavy (non-hydrogen) atoms. The number of hydrogen-bond acceptors (Lipinski definition) is 4. The van der Waals surface area contributed by atoms with E-state index in [9.17, 15) is 13.6 Å². The summed E-state index contributed by atoms with van der Waals surface area (Å²) in [6.07, 6.45) is 0. The number of methoxy groups -OCH3 is 1. The van der Waals surface area contributed by atoms with Gasteiger partial charge in [0.1, 0.15) is 16.2 Å². The van der Waals surface area contributed by atoms with Crippen LogP contribution in [0, 0.1) is 18.6 Å². The predicted molar refractivity (Wildman–Crippen MR) is 114 cm³/mol. The van der Waals surface area contributed by atoms with Crippen LogP contribution in [0.4, 0.5) is 8.78 Å². The quantitative estimate of drug-likeness (QED) is 0.553. The molecule has 7 heteroatoms. The van der Waals surface area contributed by atoms with Crippen molar-refractivity contribution < 1.29 is 18.3 Å². The van der Waals surface area contributed by atoms with E-state index in [4.69, 9.17) is 4.74 Å². The lowest BCUT2D eigenvalue weighted by Gasteiger charge is -2.22. The second-order valence-electron chi connectivity index (χ2n) is 6.77. The van der Waals surface area contributed by atoms with Crippen molar-refractivity contribution >= 4 is 22.7 Å². The number of thioether (sulfide) groups is 1. The standard InChI is InChI=1S/C23H18F2N2O2S/c1-14-6-5-7-16(12-14)22(28)27-23(17-8-3-4-9-20(17)29-2)30-21(26-27)15-10-11-18(24)19(25)13-15/h3-13,23H,1-2H3. The zero-order valence-electron chi connectivity index (χ0n) is 16.3. The number of hydrazone groups is 1. The number of halogens is 2. The lowest BCUT2D eigenvalue weighted by Crippen LogP contribution is -2.26. The smallest absolute Gasteiger partial charge is 0.275 e. The van der Waals surface area contributed by atoms with Crippen LogP contribution in [0.25, 0.3) is 0 Å². The summed E-state index contributed by atoms with van der Waals surface area (Å²) in [5.41, 5.74) is 2.60. The Kier molecular flexibility index (Phi) is 5.55. The third kappa shape index (κ3) is 3.80. The van der Waals surface area contributed by atoms with Crippen LogP contribution in [-0.2, 0) is 0 Å². The maximum atomic E-state index is 13.8. The first-order valence-corrected chi connectivity index (χ1v) is 10.1. The first kappa shape index (κ1) is 20.1. The summed E-state index contributed by atoms with van der Waals surface area (Å²) in [7, 11) is 1.56. The Bertz CT molecular complexity index is 1150. The molecule has 1 atom stereocenters. The van der Waals surface area contributed by atoms with Crippen molar-refractivity contribution in [3.8, 4) is 5.75 Å². The van der Waals surface area contributed by atoms with Gasteiger partial charge in [-0.3, -0.25) is 4.79 Å². The number of nitrogens with zero attached hydrogens (tertiary/aromatic N) is 2. The van der Waals surface area contributed by atoms with Gasteiger partial charge in [0.15, 0.2) is 11.6 Å². The lowest BCUT2D eigenvalue weighted by atomic mass is 10.1. The molecule has 152 valence electrons. The Balaban J connectivity index is 1.78. The SMILES string of the molecule is COc1ccccc1C1SC(c2ccc(F)c(F)c2)=NN1C(=O)c1cccc(C)c1. The fourth-order valence-electron chi connectivity index (χ4n) is 3.21. The fourth-order valence-corrected chi connectivity index (χ4v) is 4.39. The van der Waals surface area contributed by atoms with Gasteiger partial charge < -0.3 is 4.74 Å². The minimum atomic E-state index is -0.965. The minimum Gasteiger partial charge on any atom is -0.496 e. The predicted octanol–water partition coefficient (Wildman–Crippen LogP) is 5.53. The van der Waals surface area contributed by atoms with Gasteiger partial charge >= 0.3 is 0 Å². The zero-order valence-corrected chi connectivity index (χ0v) is 17.1. The lowest BCUT2D eigenvalue weighted by molar-refractivity contribution is 0.0748. The number of benzene rings is 3. The highest BCUT2D eigenvalue weighted by atomic mass is 32.2. The van der Waals surface area contributed by atoms with Gasteiger partial charge in [0.25, 0.3) is 5.91 Å². The Morgan fingerprint density at radius 1 is 1.03 bits per heavy atom. The second kappa shape index (κ2) is 8.28. The van der Waals surface area contributed by atoms with Gasteiger partial charge in [-0.05, 0) is 43.3 Å². The van der Waals surface area contributed by atoms with E-state index in [1.807, 2.05) is 37.3 Å². The Labute approximate surface area is 177 Å². The number of rotatable bonds is 4. The van der Waals surface area contributed by atoms with Gasteiger partial charge in [0, 0.05) is 16.7 Å². The summed E-state index contributed by atoms with van der Waals surface area (Å²) in [5, 5.41) is 5.76. The third-order valence-electron chi connectivity index (χ3n) is 4.69. The second-order valence-corrected chi connectivity index (χ2v) is 7.83. The minimum absolute atomic E-state index is 0.292. The highest BCUT2D eigenvalue weighted by Crippen LogP contribution is 2.45. The van der Waals surface area contributed by atoms with Crippen molar-refractivity contribution in [2.24, 2.45) is 5.10 Å². The van der Waals surface area contributed by atoms with Crippen LogP contribution >= 0.6 is 11.8 Å². The molecule has 3 aromatic rings. The summed E-state index contributed by atoms with van der Waals surface area (Å²) in [6.45, 7) is 1.91. The van der Waals surface area contributed by atoms with Crippen LogP contribution in [0.5, 0.6) is 5.75 Å². The maximum absolute atomic E-state index is 13.8. The van der Waals surface area contributed by atoms with Gasteiger partial charge in [0.05, 0.1) is 7.11 Å². The molecule has 1 aliphatic heterocycles. The van der Waals surface area contributed by atoms with E-state index in [0.717, 1.165) is 23.3 Å². The van der Waals surface area contributed by atoms with E-state index >= 15 is 0 Å². The molecule has 0 aromatic heterocycles. The van der Waals surface area contributed by atoms with E-state index in [2.05, 4.69) is 5.10 Å². The number of hydrogen-bond donors (Lipinski definition) is 0.